The number of rotatable bonds is 5. The standard InChI is InChI=1S/C16H20N2O2/c17-9-13(11-5-1-3-7-15(11)19)14(10-18)12-6-2-4-8-16(12)20/h1-8,13-14,19-20H,9-10,17-18H2. The smallest absolute Gasteiger partial charge is 0.119 e. The Balaban J connectivity index is 2.44. The van der Waals surface area contributed by atoms with Crippen LogP contribution in [0.5, 0.6) is 11.5 Å². The molecule has 6 N–H and O–H groups in total. The molecular weight excluding hydrogens is 252 g/mol. The zero-order chi connectivity index (χ0) is 14.5. The highest BCUT2D eigenvalue weighted by Crippen LogP contribution is 2.38. The molecule has 0 radical (unpaired) electrons. The van der Waals surface area contributed by atoms with Crippen molar-refractivity contribution in [2.24, 2.45) is 11.5 Å². The second-order valence-corrected chi connectivity index (χ2v) is 4.80. The lowest BCUT2D eigenvalue weighted by Gasteiger charge is -2.27. The number of para-hydroxylation sites is 2. The number of phenols is 2. The molecule has 4 heteroatoms. The highest BCUT2D eigenvalue weighted by molar-refractivity contribution is 5.42. The maximum atomic E-state index is 10.0. The van der Waals surface area contributed by atoms with Crippen molar-refractivity contribution >= 4 is 0 Å². The summed E-state index contributed by atoms with van der Waals surface area (Å²) < 4.78 is 0. The third-order valence-electron chi connectivity index (χ3n) is 3.67. The first-order chi connectivity index (χ1) is 9.69. The fourth-order valence-corrected chi connectivity index (χ4v) is 2.62. The Morgan fingerprint density at radius 3 is 1.35 bits per heavy atom. The van der Waals surface area contributed by atoms with E-state index < -0.39 is 0 Å². The van der Waals surface area contributed by atoms with Crippen molar-refractivity contribution in [2.45, 2.75) is 11.8 Å². The van der Waals surface area contributed by atoms with E-state index in [-0.39, 0.29) is 23.3 Å². The average molecular weight is 272 g/mol. The molecule has 0 saturated heterocycles. The number of aromatic hydroxyl groups is 2. The number of phenolic OH excluding ortho intramolecular Hbond substituents is 2. The third-order valence-corrected chi connectivity index (χ3v) is 3.67. The van der Waals surface area contributed by atoms with E-state index in [2.05, 4.69) is 0 Å². The fraction of sp³-hybridized carbons (Fsp3) is 0.250. The summed E-state index contributed by atoms with van der Waals surface area (Å²) in [5.74, 6) is 0.123. The molecule has 0 saturated carbocycles. The highest BCUT2D eigenvalue weighted by atomic mass is 16.3. The zero-order valence-electron chi connectivity index (χ0n) is 11.2. The zero-order valence-corrected chi connectivity index (χ0v) is 11.2. The molecule has 0 aliphatic carbocycles. The van der Waals surface area contributed by atoms with Gasteiger partial charge in [-0.2, -0.15) is 0 Å². The van der Waals surface area contributed by atoms with Crippen LogP contribution in [0.25, 0.3) is 0 Å². The van der Waals surface area contributed by atoms with Gasteiger partial charge in [0.25, 0.3) is 0 Å². The van der Waals surface area contributed by atoms with Crippen LogP contribution in [0.15, 0.2) is 48.5 Å². The van der Waals surface area contributed by atoms with E-state index in [1.54, 1.807) is 24.3 Å². The molecule has 2 rings (SSSR count). The molecule has 2 aromatic rings. The molecule has 0 aliphatic heterocycles. The fourth-order valence-electron chi connectivity index (χ4n) is 2.62. The predicted octanol–water partition coefficient (Wildman–Crippen LogP) is 1.88. The number of benzene rings is 2. The third kappa shape index (κ3) is 2.76. The molecule has 2 atom stereocenters. The Kier molecular flexibility index (Phi) is 4.61. The van der Waals surface area contributed by atoms with Crippen molar-refractivity contribution in [1.29, 1.82) is 0 Å². The Morgan fingerprint density at radius 1 is 0.700 bits per heavy atom. The first kappa shape index (κ1) is 14.4. The van der Waals surface area contributed by atoms with Crippen molar-refractivity contribution in [3.8, 4) is 11.5 Å². The molecular formula is C16H20N2O2. The van der Waals surface area contributed by atoms with Gasteiger partial charge in [0.05, 0.1) is 0 Å². The van der Waals surface area contributed by atoms with Crippen LogP contribution in [-0.4, -0.2) is 23.3 Å². The molecule has 0 aromatic heterocycles. The van der Waals surface area contributed by atoms with Crippen LogP contribution < -0.4 is 11.5 Å². The summed E-state index contributed by atoms with van der Waals surface area (Å²) in [5.41, 5.74) is 13.3. The van der Waals surface area contributed by atoms with E-state index in [0.29, 0.717) is 13.1 Å². The van der Waals surface area contributed by atoms with Gasteiger partial charge in [-0.1, -0.05) is 36.4 Å². The van der Waals surface area contributed by atoms with Crippen molar-refractivity contribution in [3.63, 3.8) is 0 Å². The summed E-state index contributed by atoms with van der Waals surface area (Å²) in [4.78, 5) is 0. The van der Waals surface area contributed by atoms with Crippen LogP contribution in [0.1, 0.15) is 23.0 Å². The SMILES string of the molecule is NCC(c1ccccc1O)C(CN)c1ccccc1O. The van der Waals surface area contributed by atoms with Gasteiger partial charge in [-0.05, 0) is 36.3 Å². The Bertz CT molecular complexity index is 520. The average Bonchev–Trinajstić information content (AvgIpc) is 2.47. The van der Waals surface area contributed by atoms with Crippen LogP contribution in [0, 0.1) is 0 Å². The van der Waals surface area contributed by atoms with Gasteiger partial charge in [-0.15, -0.1) is 0 Å². The van der Waals surface area contributed by atoms with E-state index in [1.165, 1.54) is 0 Å². The monoisotopic (exact) mass is 272 g/mol. The lowest BCUT2D eigenvalue weighted by molar-refractivity contribution is 0.434. The van der Waals surface area contributed by atoms with Crippen molar-refractivity contribution < 1.29 is 10.2 Å². The van der Waals surface area contributed by atoms with E-state index in [1.807, 2.05) is 24.3 Å². The van der Waals surface area contributed by atoms with E-state index >= 15 is 0 Å². The summed E-state index contributed by atoms with van der Waals surface area (Å²) in [5, 5.41) is 20.0. The van der Waals surface area contributed by atoms with Gasteiger partial charge < -0.3 is 21.7 Å². The van der Waals surface area contributed by atoms with Gasteiger partial charge in [0.1, 0.15) is 11.5 Å². The maximum Gasteiger partial charge on any atom is 0.119 e. The van der Waals surface area contributed by atoms with Gasteiger partial charge in [0.15, 0.2) is 0 Å². The van der Waals surface area contributed by atoms with E-state index in [0.717, 1.165) is 11.1 Å². The normalized spacial score (nSPS) is 13.9. The van der Waals surface area contributed by atoms with Gasteiger partial charge in [0.2, 0.25) is 0 Å². The Morgan fingerprint density at radius 2 is 1.05 bits per heavy atom. The van der Waals surface area contributed by atoms with Gasteiger partial charge in [-0.3, -0.25) is 0 Å². The summed E-state index contributed by atoms with van der Waals surface area (Å²) in [7, 11) is 0. The summed E-state index contributed by atoms with van der Waals surface area (Å²) >= 11 is 0. The number of hydrogen-bond donors (Lipinski definition) is 4. The maximum absolute atomic E-state index is 10.0. The lowest BCUT2D eigenvalue weighted by atomic mass is 9.80. The van der Waals surface area contributed by atoms with Crippen molar-refractivity contribution in [1.82, 2.24) is 0 Å². The number of hydrogen-bond acceptors (Lipinski definition) is 4. The highest BCUT2D eigenvalue weighted by Gasteiger charge is 2.26. The quantitative estimate of drug-likeness (QED) is 0.668. The number of nitrogens with two attached hydrogens (primary N) is 2. The molecule has 0 heterocycles. The van der Waals surface area contributed by atoms with Gasteiger partial charge in [-0.25, -0.2) is 0 Å². The molecule has 0 spiro atoms. The van der Waals surface area contributed by atoms with Crippen molar-refractivity contribution in [2.75, 3.05) is 13.1 Å². The van der Waals surface area contributed by atoms with Crippen LogP contribution in [0.2, 0.25) is 0 Å². The molecule has 0 fully saturated rings. The summed E-state index contributed by atoms with van der Waals surface area (Å²) in [6, 6.07) is 14.2. The van der Waals surface area contributed by atoms with Crippen LogP contribution in [-0.2, 0) is 0 Å². The molecule has 0 aliphatic rings. The van der Waals surface area contributed by atoms with Gasteiger partial charge in [0, 0.05) is 11.8 Å². The van der Waals surface area contributed by atoms with E-state index in [9.17, 15) is 10.2 Å². The first-order valence-electron chi connectivity index (χ1n) is 6.65. The minimum atomic E-state index is -0.144. The Hall–Kier alpha value is -2.04. The summed E-state index contributed by atoms with van der Waals surface area (Å²) in [6.07, 6.45) is 0. The Labute approximate surface area is 118 Å². The molecule has 20 heavy (non-hydrogen) atoms. The van der Waals surface area contributed by atoms with Crippen LogP contribution in [0.4, 0.5) is 0 Å². The summed E-state index contributed by atoms with van der Waals surface area (Å²) in [6.45, 7) is 0.682. The second kappa shape index (κ2) is 6.41. The second-order valence-electron chi connectivity index (χ2n) is 4.80. The molecule has 106 valence electrons. The van der Waals surface area contributed by atoms with Crippen LogP contribution in [0.3, 0.4) is 0 Å². The minimum Gasteiger partial charge on any atom is -0.508 e. The van der Waals surface area contributed by atoms with E-state index in [4.69, 9.17) is 11.5 Å². The molecule has 0 amide bonds. The minimum absolute atomic E-state index is 0.144. The predicted molar refractivity (Wildman–Crippen MR) is 79.8 cm³/mol. The lowest BCUT2D eigenvalue weighted by Crippen LogP contribution is -2.26. The van der Waals surface area contributed by atoms with Crippen LogP contribution >= 0.6 is 0 Å². The molecule has 2 unspecified atom stereocenters. The van der Waals surface area contributed by atoms with Crippen molar-refractivity contribution in [3.05, 3.63) is 59.7 Å². The molecule has 0 bridgehead atoms. The largest absolute Gasteiger partial charge is 0.508 e. The topological polar surface area (TPSA) is 92.5 Å². The first-order valence-corrected chi connectivity index (χ1v) is 6.65. The van der Waals surface area contributed by atoms with Gasteiger partial charge >= 0.3 is 0 Å². The molecule has 2 aromatic carbocycles. The molecule has 4 nitrogen and oxygen atoms in total.